The summed E-state index contributed by atoms with van der Waals surface area (Å²) in [6, 6.07) is 10.8. The smallest absolute Gasteiger partial charge is 0.388 e. The fourth-order valence-electron chi connectivity index (χ4n) is 2.63. The fourth-order valence-corrected chi connectivity index (χ4v) is 3.29. The summed E-state index contributed by atoms with van der Waals surface area (Å²) in [5.41, 5.74) is 0.919. The Kier molecular flexibility index (Phi) is 5.07. The highest BCUT2D eigenvalue weighted by Crippen LogP contribution is 2.34. The number of rotatable bonds is 4. The number of aromatic nitrogens is 1. The third kappa shape index (κ3) is 3.55. The van der Waals surface area contributed by atoms with Gasteiger partial charge in [-0.25, -0.2) is 4.98 Å². The Hall–Kier alpha value is -1.64. The van der Waals surface area contributed by atoms with E-state index in [1.165, 1.54) is 12.3 Å². The highest BCUT2D eigenvalue weighted by atomic mass is 79.9. The molecule has 2 heterocycles. The second-order valence-electron chi connectivity index (χ2n) is 5.22. The molecule has 1 N–H and O–H groups in total. The summed E-state index contributed by atoms with van der Waals surface area (Å²) in [5.74, 6) is -0.141. The number of nitrogens with zero attached hydrogens (tertiary/aromatic N) is 1. The topological polar surface area (TPSA) is 43.4 Å². The number of hydrogen-bond acceptors (Lipinski definition) is 4. The van der Waals surface area contributed by atoms with Crippen molar-refractivity contribution in [1.29, 1.82) is 0 Å². The molecule has 24 heavy (non-hydrogen) atoms. The van der Waals surface area contributed by atoms with Gasteiger partial charge in [0.1, 0.15) is 10.5 Å². The van der Waals surface area contributed by atoms with E-state index in [1.807, 2.05) is 24.3 Å². The molecule has 126 valence electrons. The molecular weight excluding hydrogens is 402 g/mol. The normalized spacial score (nSPS) is 20.8. The molecule has 0 bridgehead atoms. The lowest BCUT2D eigenvalue weighted by Crippen LogP contribution is -2.54. The Morgan fingerprint density at radius 1 is 1.29 bits per heavy atom. The van der Waals surface area contributed by atoms with E-state index in [0.717, 1.165) is 15.6 Å². The van der Waals surface area contributed by atoms with Crippen molar-refractivity contribution in [2.24, 2.45) is 0 Å². The average Bonchev–Trinajstić information content (AvgIpc) is 2.55. The largest absolute Gasteiger partial charge is 0.417 e. The van der Waals surface area contributed by atoms with Crippen LogP contribution in [0.1, 0.15) is 11.1 Å². The van der Waals surface area contributed by atoms with Crippen molar-refractivity contribution >= 4 is 33.1 Å². The number of morpholine rings is 1. The summed E-state index contributed by atoms with van der Waals surface area (Å²) in [6.07, 6.45) is 1.49. The molecule has 1 aromatic heterocycles. The van der Waals surface area contributed by atoms with Crippen molar-refractivity contribution in [1.82, 2.24) is 10.3 Å². The van der Waals surface area contributed by atoms with Gasteiger partial charge in [-0.15, -0.1) is 0 Å². The number of ether oxygens (including phenoxy) is 2. The van der Waals surface area contributed by atoms with E-state index in [4.69, 9.17) is 17.0 Å². The van der Waals surface area contributed by atoms with E-state index in [9.17, 15) is 8.78 Å². The van der Waals surface area contributed by atoms with Crippen molar-refractivity contribution in [2.45, 2.75) is 12.2 Å². The predicted octanol–water partition coefficient (Wildman–Crippen LogP) is 3.64. The number of pyridine rings is 1. The quantitative estimate of drug-likeness (QED) is 0.773. The van der Waals surface area contributed by atoms with Crippen molar-refractivity contribution in [2.75, 3.05) is 13.2 Å². The maximum atomic E-state index is 12.3. The lowest BCUT2D eigenvalue weighted by atomic mass is 9.83. The Balaban J connectivity index is 2.03. The summed E-state index contributed by atoms with van der Waals surface area (Å²) >= 11 is 8.74. The standard InChI is InChI=1S/C16H13BrF2N2O2S/c17-12-3-1-2-10(6-12)16(9-22-8-14(24)21-16)11-4-5-13(20-7-11)23-15(18)19/h1-7,15H,8-9H2,(H,21,24). The van der Waals surface area contributed by atoms with Gasteiger partial charge in [0.15, 0.2) is 0 Å². The summed E-state index contributed by atoms with van der Waals surface area (Å²) < 4.78 is 35.4. The van der Waals surface area contributed by atoms with Crippen LogP contribution in [0.15, 0.2) is 47.1 Å². The first-order valence-corrected chi connectivity index (χ1v) is 8.26. The molecule has 1 unspecified atom stereocenters. The van der Waals surface area contributed by atoms with Crippen LogP contribution in [0, 0.1) is 0 Å². The van der Waals surface area contributed by atoms with Crippen LogP contribution in [-0.2, 0) is 10.3 Å². The molecule has 0 amide bonds. The zero-order valence-corrected chi connectivity index (χ0v) is 14.7. The van der Waals surface area contributed by atoms with Gasteiger partial charge in [0.2, 0.25) is 5.88 Å². The Morgan fingerprint density at radius 3 is 2.75 bits per heavy atom. The number of benzene rings is 1. The van der Waals surface area contributed by atoms with Crippen molar-refractivity contribution in [3.05, 3.63) is 58.2 Å². The summed E-state index contributed by atoms with van der Waals surface area (Å²) in [6.45, 7) is -2.24. The molecule has 1 aliphatic heterocycles. The van der Waals surface area contributed by atoms with E-state index in [2.05, 4.69) is 31.0 Å². The Bertz CT molecular complexity index is 745. The molecule has 1 aromatic carbocycles. The van der Waals surface area contributed by atoms with Gasteiger partial charge in [0, 0.05) is 22.3 Å². The molecule has 1 aliphatic rings. The van der Waals surface area contributed by atoms with E-state index in [0.29, 0.717) is 18.2 Å². The predicted molar refractivity (Wildman–Crippen MR) is 92.3 cm³/mol. The van der Waals surface area contributed by atoms with Gasteiger partial charge in [0.25, 0.3) is 0 Å². The summed E-state index contributed by atoms with van der Waals surface area (Å²) in [5, 5.41) is 3.31. The number of alkyl halides is 2. The summed E-state index contributed by atoms with van der Waals surface area (Å²) in [7, 11) is 0. The minimum Gasteiger partial charge on any atom is -0.417 e. The third-order valence-corrected chi connectivity index (χ3v) is 4.37. The molecule has 0 aliphatic carbocycles. The molecule has 8 heteroatoms. The van der Waals surface area contributed by atoms with E-state index in [1.54, 1.807) is 6.07 Å². The molecule has 1 atom stereocenters. The second kappa shape index (κ2) is 7.08. The molecule has 2 aromatic rings. The van der Waals surface area contributed by atoms with Gasteiger partial charge in [-0.3, -0.25) is 0 Å². The molecule has 0 saturated carbocycles. The van der Waals surface area contributed by atoms with Crippen molar-refractivity contribution in [3.63, 3.8) is 0 Å². The van der Waals surface area contributed by atoms with Gasteiger partial charge in [0.05, 0.1) is 13.2 Å². The van der Waals surface area contributed by atoms with E-state index < -0.39 is 12.2 Å². The van der Waals surface area contributed by atoms with Gasteiger partial charge >= 0.3 is 6.61 Å². The number of halogens is 3. The number of hydrogen-bond donors (Lipinski definition) is 1. The molecule has 1 saturated heterocycles. The van der Waals surface area contributed by atoms with Crippen LogP contribution in [0.3, 0.4) is 0 Å². The van der Waals surface area contributed by atoms with Crippen LogP contribution in [0.2, 0.25) is 0 Å². The van der Waals surface area contributed by atoms with Crippen LogP contribution in [0.5, 0.6) is 5.88 Å². The minimum absolute atomic E-state index is 0.141. The highest BCUT2D eigenvalue weighted by molar-refractivity contribution is 9.10. The van der Waals surface area contributed by atoms with Gasteiger partial charge in [-0.2, -0.15) is 8.78 Å². The van der Waals surface area contributed by atoms with E-state index in [-0.39, 0.29) is 5.88 Å². The first-order valence-electron chi connectivity index (χ1n) is 7.06. The van der Waals surface area contributed by atoms with Crippen LogP contribution < -0.4 is 10.1 Å². The van der Waals surface area contributed by atoms with Gasteiger partial charge in [-0.05, 0) is 23.8 Å². The molecule has 3 rings (SSSR count). The van der Waals surface area contributed by atoms with Crippen LogP contribution in [0.4, 0.5) is 8.78 Å². The molecule has 1 fully saturated rings. The fraction of sp³-hybridized carbons (Fsp3) is 0.250. The molecular formula is C16H13BrF2N2O2S. The Labute approximate surface area is 151 Å². The van der Waals surface area contributed by atoms with Crippen LogP contribution >= 0.6 is 28.1 Å². The van der Waals surface area contributed by atoms with Gasteiger partial charge < -0.3 is 14.8 Å². The SMILES string of the molecule is FC(F)Oc1ccc(C2(c3cccc(Br)c3)COCC(=S)N2)cn1. The van der Waals surface area contributed by atoms with Crippen LogP contribution in [-0.4, -0.2) is 29.8 Å². The first-order chi connectivity index (χ1) is 11.5. The number of thiocarbonyl (C=S) groups is 1. The lowest BCUT2D eigenvalue weighted by Gasteiger charge is -2.40. The molecule has 0 radical (unpaired) electrons. The van der Waals surface area contributed by atoms with Crippen molar-refractivity contribution < 1.29 is 18.3 Å². The zero-order chi connectivity index (χ0) is 17.2. The lowest BCUT2D eigenvalue weighted by molar-refractivity contribution is -0.0529. The maximum absolute atomic E-state index is 12.3. The third-order valence-electron chi connectivity index (χ3n) is 3.66. The summed E-state index contributed by atoms with van der Waals surface area (Å²) in [4.78, 5) is 4.52. The zero-order valence-electron chi connectivity index (χ0n) is 12.3. The Morgan fingerprint density at radius 2 is 2.12 bits per heavy atom. The second-order valence-corrected chi connectivity index (χ2v) is 6.63. The molecule has 0 spiro atoms. The monoisotopic (exact) mass is 414 g/mol. The van der Waals surface area contributed by atoms with Crippen molar-refractivity contribution in [3.8, 4) is 5.88 Å². The molecule has 4 nitrogen and oxygen atoms in total. The maximum Gasteiger partial charge on any atom is 0.388 e. The van der Waals surface area contributed by atoms with Crippen LogP contribution in [0.25, 0.3) is 0 Å². The average molecular weight is 415 g/mol. The minimum atomic E-state index is -2.91. The van der Waals surface area contributed by atoms with E-state index >= 15 is 0 Å². The first kappa shape index (κ1) is 17.2. The number of nitrogens with one attached hydrogen (secondary N) is 1. The van der Waals surface area contributed by atoms with Gasteiger partial charge in [-0.1, -0.05) is 40.3 Å². The highest BCUT2D eigenvalue weighted by Gasteiger charge is 2.38.